The van der Waals surface area contributed by atoms with Crippen LogP contribution in [-0.4, -0.2) is 28.7 Å². The van der Waals surface area contributed by atoms with E-state index in [9.17, 15) is 4.39 Å². The van der Waals surface area contributed by atoms with Gasteiger partial charge in [-0.1, -0.05) is 0 Å². The fraction of sp³-hybridized carbons (Fsp3) is 0.533. The van der Waals surface area contributed by atoms with E-state index in [4.69, 9.17) is 4.74 Å². The highest BCUT2D eigenvalue weighted by atomic mass is 19.1. The number of aryl methyl sites for hydroxylation is 1. The van der Waals surface area contributed by atoms with E-state index in [0.717, 1.165) is 49.3 Å². The number of ether oxygens (including phenoxy) is 1. The number of nitrogens with one attached hydrogen (secondary N) is 1. The lowest BCUT2D eigenvalue weighted by atomic mass is 10.1. The number of fused-ring (bicyclic) bond motifs is 1. The van der Waals surface area contributed by atoms with E-state index in [-0.39, 0.29) is 5.82 Å². The average Bonchev–Trinajstić information content (AvgIpc) is 2.83. The molecule has 3 rings (SSSR count). The summed E-state index contributed by atoms with van der Waals surface area (Å²) in [4.78, 5) is 4.56. The molecule has 108 valence electrons. The zero-order valence-corrected chi connectivity index (χ0v) is 11.7. The quantitative estimate of drug-likeness (QED) is 0.933. The summed E-state index contributed by atoms with van der Waals surface area (Å²) in [5.41, 5.74) is 1.67. The fourth-order valence-corrected chi connectivity index (χ4v) is 2.76. The molecule has 0 radical (unpaired) electrons. The monoisotopic (exact) mass is 277 g/mol. The summed E-state index contributed by atoms with van der Waals surface area (Å²) < 4.78 is 21.3. The number of halogens is 1. The number of nitrogens with zero attached hydrogens (tertiary/aromatic N) is 2. The van der Waals surface area contributed by atoms with Crippen LogP contribution in [0.2, 0.25) is 0 Å². The predicted octanol–water partition coefficient (Wildman–Crippen LogP) is 2.46. The summed E-state index contributed by atoms with van der Waals surface area (Å²) in [6.07, 6.45) is 2.39. The molecule has 0 saturated carbocycles. The highest BCUT2D eigenvalue weighted by Crippen LogP contribution is 2.19. The molecule has 0 amide bonds. The number of rotatable bonds is 4. The molecule has 1 aliphatic heterocycles. The average molecular weight is 277 g/mol. The Morgan fingerprint density at radius 2 is 2.20 bits per heavy atom. The third kappa shape index (κ3) is 2.69. The van der Waals surface area contributed by atoms with Crippen LogP contribution in [0.25, 0.3) is 11.0 Å². The lowest BCUT2D eigenvalue weighted by Gasteiger charge is -2.22. The minimum absolute atomic E-state index is 0.224. The lowest BCUT2D eigenvalue weighted by molar-refractivity contribution is 0.0167. The van der Waals surface area contributed by atoms with Crippen molar-refractivity contribution >= 4 is 11.0 Å². The third-order valence-corrected chi connectivity index (χ3v) is 3.84. The summed E-state index contributed by atoms with van der Waals surface area (Å²) in [6, 6.07) is 4.72. The van der Waals surface area contributed by atoms with Crippen LogP contribution in [0.3, 0.4) is 0 Å². The molecule has 1 aromatic carbocycles. The van der Waals surface area contributed by atoms with Crippen molar-refractivity contribution in [3.05, 3.63) is 29.8 Å². The molecule has 0 bridgehead atoms. The van der Waals surface area contributed by atoms with Gasteiger partial charge < -0.3 is 14.6 Å². The minimum Gasteiger partial charge on any atom is -0.370 e. The second-order valence-corrected chi connectivity index (χ2v) is 5.17. The number of hydrogen-bond acceptors (Lipinski definition) is 3. The molecule has 2 heterocycles. The Balaban J connectivity index is 1.79. The highest BCUT2D eigenvalue weighted by Gasteiger charge is 2.16. The Morgan fingerprint density at radius 3 is 2.95 bits per heavy atom. The van der Waals surface area contributed by atoms with Gasteiger partial charge in [0.1, 0.15) is 18.2 Å². The molecule has 5 heteroatoms. The standard InChI is InChI=1S/C15H20FN3O/c1-2-19-14-9-11(16)3-4-13(14)18-15(19)10-20-12-5-7-17-8-6-12/h3-4,9,12,17H,2,5-8,10H2,1H3. The number of hydrogen-bond donors (Lipinski definition) is 1. The summed E-state index contributed by atoms with van der Waals surface area (Å²) in [5.74, 6) is 0.657. The van der Waals surface area contributed by atoms with Gasteiger partial charge in [0, 0.05) is 6.54 Å². The second kappa shape index (κ2) is 5.89. The Labute approximate surface area is 117 Å². The Kier molecular flexibility index (Phi) is 3.98. The summed E-state index contributed by atoms with van der Waals surface area (Å²) in [5, 5.41) is 3.32. The van der Waals surface area contributed by atoms with Crippen LogP contribution in [0, 0.1) is 5.82 Å². The molecule has 1 aromatic heterocycles. The van der Waals surface area contributed by atoms with Crippen LogP contribution in [0.5, 0.6) is 0 Å². The third-order valence-electron chi connectivity index (χ3n) is 3.84. The predicted molar refractivity (Wildman–Crippen MR) is 76.0 cm³/mol. The van der Waals surface area contributed by atoms with E-state index >= 15 is 0 Å². The second-order valence-electron chi connectivity index (χ2n) is 5.17. The lowest BCUT2D eigenvalue weighted by Crippen LogP contribution is -2.32. The first kappa shape index (κ1) is 13.5. The highest BCUT2D eigenvalue weighted by molar-refractivity contribution is 5.76. The van der Waals surface area contributed by atoms with Crippen molar-refractivity contribution in [1.82, 2.24) is 14.9 Å². The van der Waals surface area contributed by atoms with Crippen molar-refractivity contribution in [2.24, 2.45) is 0 Å². The number of piperidine rings is 1. The van der Waals surface area contributed by atoms with Gasteiger partial charge in [-0.25, -0.2) is 9.37 Å². The molecule has 0 atom stereocenters. The van der Waals surface area contributed by atoms with Crippen molar-refractivity contribution in [3.63, 3.8) is 0 Å². The zero-order valence-electron chi connectivity index (χ0n) is 11.7. The van der Waals surface area contributed by atoms with Crippen molar-refractivity contribution in [2.75, 3.05) is 13.1 Å². The normalized spacial score (nSPS) is 16.9. The van der Waals surface area contributed by atoms with Gasteiger partial charge in [-0.15, -0.1) is 0 Å². The molecular formula is C15H20FN3O. The van der Waals surface area contributed by atoms with Crippen LogP contribution in [0.4, 0.5) is 4.39 Å². The molecule has 20 heavy (non-hydrogen) atoms. The largest absolute Gasteiger partial charge is 0.370 e. The van der Waals surface area contributed by atoms with Crippen LogP contribution >= 0.6 is 0 Å². The summed E-state index contributed by atoms with van der Waals surface area (Å²) in [6.45, 7) is 5.33. The zero-order chi connectivity index (χ0) is 13.9. The Morgan fingerprint density at radius 1 is 1.40 bits per heavy atom. The molecule has 1 fully saturated rings. The molecule has 0 spiro atoms. The van der Waals surface area contributed by atoms with Gasteiger partial charge in [0.15, 0.2) is 0 Å². The van der Waals surface area contributed by atoms with E-state index in [2.05, 4.69) is 10.3 Å². The first-order valence-electron chi connectivity index (χ1n) is 7.25. The van der Waals surface area contributed by atoms with E-state index in [1.165, 1.54) is 6.07 Å². The molecule has 0 unspecified atom stereocenters. The van der Waals surface area contributed by atoms with Gasteiger partial charge in [0.25, 0.3) is 0 Å². The van der Waals surface area contributed by atoms with E-state index < -0.39 is 0 Å². The van der Waals surface area contributed by atoms with Crippen LogP contribution in [0.1, 0.15) is 25.6 Å². The molecule has 1 saturated heterocycles. The number of aromatic nitrogens is 2. The van der Waals surface area contributed by atoms with Gasteiger partial charge in [0.2, 0.25) is 0 Å². The van der Waals surface area contributed by atoms with E-state index in [0.29, 0.717) is 12.7 Å². The minimum atomic E-state index is -0.224. The van der Waals surface area contributed by atoms with Crippen molar-refractivity contribution < 1.29 is 9.13 Å². The Bertz CT molecular complexity index is 590. The first-order chi connectivity index (χ1) is 9.78. The van der Waals surface area contributed by atoms with Gasteiger partial charge in [-0.2, -0.15) is 0 Å². The van der Waals surface area contributed by atoms with Crippen LogP contribution < -0.4 is 5.32 Å². The molecule has 4 nitrogen and oxygen atoms in total. The maximum Gasteiger partial charge on any atom is 0.135 e. The SMILES string of the molecule is CCn1c(COC2CCNCC2)nc2ccc(F)cc21. The summed E-state index contributed by atoms with van der Waals surface area (Å²) >= 11 is 0. The Hall–Kier alpha value is -1.46. The van der Waals surface area contributed by atoms with Crippen LogP contribution in [-0.2, 0) is 17.9 Å². The smallest absolute Gasteiger partial charge is 0.135 e. The number of benzene rings is 1. The molecule has 2 aromatic rings. The summed E-state index contributed by atoms with van der Waals surface area (Å²) in [7, 11) is 0. The van der Waals surface area contributed by atoms with E-state index in [1.54, 1.807) is 12.1 Å². The first-order valence-corrected chi connectivity index (χ1v) is 7.25. The molecule has 1 N–H and O–H groups in total. The maximum atomic E-state index is 13.4. The molecule has 0 aliphatic carbocycles. The number of imidazole rings is 1. The van der Waals surface area contributed by atoms with Gasteiger partial charge in [-0.05, 0) is 51.1 Å². The van der Waals surface area contributed by atoms with Crippen LogP contribution in [0.15, 0.2) is 18.2 Å². The van der Waals surface area contributed by atoms with E-state index in [1.807, 2.05) is 11.5 Å². The van der Waals surface area contributed by atoms with Crippen molar-refractivity contribution in [1.29, 1.82) is 0 Å². The van der Waals surface area contributed by atoms with Gasteiger partial charge in [-0.3, -0.25) is 0 Å². The fourth-order valence-electron chi connectivity index (χ4n) is 2.76. The maximum absolute atomic E-state index is 13.4. The van der Waals surface area contributed by atoms with Crippen molar-refractivity contribution in [3.8, 4) is 0 Å². The van der Waals surface area contributed by atoms with Gasteiger partial charge >= 0.3 is 0 Å². The molecule has 1 aliphatic rings. The van der Waals surface area contributed by atoms with Crippen molar-refractivity contribution in [2.45, 2.75) is 39.0 Å². The topological polar surface area (TPSA) is 39.1 Å². The molecular weight excluding hydrogens is 257 g/mol. The van der Waals surface area contributed by atoms with Gasteiger partial charge in [0.05, 0.1) is 17.1 Å².